The molecule has 0 aromatic rings. The second kappa shape index (κ2) is 2.96. The first-order chi connectivity index (χ1) is 6.14. The molecule has 1 saturated heterocycles. The van der Waals surface area contributed by atoms with Crippen molar-refractivity contribution in [1.82, 2.24) is 4.90 Å². The van der Waals surface area contributed by atoms with Crippen LogP contribution in [-0.2, 0) is 0 Å². The zero-order valence-corrected chi connectivity index (χ0v) is 8.84. The van der Waals surface area contributed by atoms with Crippen LogP contribution >= 0.6 is 0 Å². The van der Waals surface area contributed by atoms with Crippen molar-refractivity contribution < 1.29 is 5.11 Å². The lowest BCUT2D eigenvalue weighted by Crippen LogP contribution is -2.59. The van der Waals surface area contributed by atoms with Crippen molar-refractivity contribution >= 4 is 0 Å². The van der Waals surface area contributed by atoms with Crippen LogP contribution in [0.1, 0.15) is 39.5 Å². The molecule has 1 N–H and O–H groups in total. The highest BCUT2D eigenvalue weighted by Crippen LogP contribution is 2.55. The Hall–Kier alpha value is -0.0800. The highest BCUT2D eigenvalue weighted by atomic mass is 16.3. The molecule has 1 unspecified atom stereocenters. The molecule has 2 rings (SSSR count). The number of nitrogens with zero attached hydrogens (tertiary/aromatic N) is 1. The molecule has 0 amide bonds. The van der Waals surface area contributed by atoms with Crippen LogP contribution in [-0.4, -0.2) is 35.2 Å². The largest absolute Gasteiger partial charge is 0.396 e. The zero-order chi connectivity index (χ0) is 9.53. The standard InChI is InChI=1S/C11H21NO/c1-3-10(2,6-7-13)12-8-11(9-12)4-5-11/h13H,3-9H2,1-2H3. The van der Waals surface area contributed by atoms with Gasteiger partial charge >= 0.3 is 0 Å². The maximum atomic E-state index is 9.02. The van der Waals surface area contributed by atoms with Gasteiger partial charge in [-0.25, -0.2) is 0 Å². The number of hydrogen-bond acceptors (Lipinski definition) is 2. The Morgan fingerprint density at radius 3 is 2.38 bits per heavy atom. The number of aliphatic hydroxyl groups is 1. The van der Waals surface area contributed by atoms with Gasteiger partial charge in [-0.3, -0.25) is 4.90 Å². The summed E-state index contributed by atoms with van der Waals surface area (Å²) in [6.45, 7) is 7.43. The number of hydrogen-bond donors (Lipinski definition) is 1. The Kier molecular flexibility index (Phi) is 2.16. The van der Waals surface area contributed by atoms with Gasteiger partial charge < -0.3 is 5.11 Å². The predicted octanol–water partition coefficient (Wildman–Crippen LogP) is 1.63. The van der Waals surface area contributed by atoms with Crippen LogP contribution in [0.3, 0.4) is 0 Å². The molecule has 13 heavy (non-hydrogen) atoms. The summed E-state index contributed by atoms with van der Waals surface area (Å²) in [5, 5.41) is 9.02. The Balaban J connectivity index is 1.89. The average molecular weight is 183 g/mol. The SMILES string of the molecule is CCC(C)(CCO)N1CC2(CC2)C1. The highest BCUT2D eigenvalue weighted by molar-refractivity contribution is 5.09. The Bertz CT molecular complexity index is 192. The van der Waals surface area contributed by atoms with Crippen LogP contribution in [0.15, 0.2) is 0 Å². The van der Waals surface area contributed by atoms with Crippen molar-refractivity contribution in [2.24, 2.45) is 5.41 Å². The number of rotatable bonds is 4. The average Bonchev–Trinajstić information content (AvgIpc) is 2.81. The van der Waals surface area contributed by atoms with E-state index in [1.54, 1.807) is 0 Å². The van der Waals surface area contributed by atoms with Crippen LogP contribution in [0.2, 0.25) is 0 Å². The molecule has 0 aromatic heterocycles. The summed E-state index contributed by atoms with van der Waals surface area (Å²) in [6, 6.07) is 0. The molecule has 1 saturated carbocycles. The normalized spacial score (nSPS) is 29.8. The minimum atomic E-state index is 0.266. The molecular formula is C11H21NO. The van der Waals surface area contributed by atoms with E-state index in [1.807, 2.05) is 0 Å². The molecule has 2 aliphatic rings. The van der Waals surface area contributed by atoms with Gasteiger partial charge in [0.15, 0.2) is 0 Å². The molecule has 2 nitrogen and oxygen atoms in total. The summed E-state index contributed by atoms with van der Waals surface area (Å²) >= 11 is 0. The van der Waals surface area contributed by atoms with E-state index in [0.29, 0.717) is 6.61 Å². The second-order valence-corrected chi connectivity index (χ2v) is 5.18. The molecule has 1 aliphatic carbocycles. The molecule has 2 heteroatoms. The quantitative estimate of drug-likeness (QED) is 0.716. The van der Waals surface area contributed by atoms with Crippen LogP contribution in [0, 0.1) is 5.41 Å². The van der Waals surface area contributed by atoms with Gasteiger partial charge in [0.25, 0.3) is 0 Å². The van der Waals surface area contributed by atoms with E-state index in [9.17, 15) is 0 Å². The Labute approximate surface area is 80.9 Å². The highest BCUT2D eigenvalue weighted by Gasteiger charge is 2.55. The summed E-state index contributed by atoms with van der Waals surface area (Å²) in [5.41, 5.74) is 1.01. The second-order valence-electron chi connectivity index (χ2n) is 5.18. The summed E-state index contributed by atoms with van der Waals surface area (Å²) in [6.07, 6.45) is 4.98. The smallest absolute Gasteiger partial charge is 0.0448 e. The molecule has 0 aromatic carbocycles. The lowest BCUT2D eigenvalue weighted by atomic mass is 9.84. The molecular weight excluding hydrogens is 162 g/mol. The summed E-state index contributed by atoms with van der Waals surface area (Å²) in [7, 11) is 0. The van der Waals surface area contributed by atoms with Gasteiger partial charge in [-0.1, -0.05) is 6.92 Å². The van der Waals surface area contributed by atoms with E-state index in [-0.39, 0.29) is 5.54 Å². The minimum Gasteiger partial charge on any atom is -0.396 e. The van der Waals surface area contributed by atoms with Crippen molar-refractivity contribution in [3.05, 3.63) is 0 Å². The zero-order valence-electron chi connectivity index (χ0n) is 8.84. The van der Waals surface area contributed by atoms with E-state index >= 15 is 0 Å². The number of aliphatic hydroxyl groups excluding tert-OH is 1. The van der Waals surface area contributed by atoms with E-state index in [4.69, 9.17) is 5.11 Å². The Morgan fingerprint density at radius 1 is 1.38 bits per heavy atom. The van der Waals surface area contributed by atoms with Crippen molar-refractivity contribution in [3.63, 3.8) is 0 Å². The first-order valence-corrected chi connectivity index (χ1v) is 5.50. The van der Waals surface area contributed by atoms with Gasteiger partial charge in [0.05, 0.1) is 0 Å². The fourth-order valence-electron chi connectivity index (χ4n) is 2.44. The third-order valence-corrected chi connectivity index (χ3v) is 4.19. The van der Waals surface area contributed by atoms with Gasteiger partial charge in [0.2, 0.25) is 0 Å². The molecule has 1 atom stereocenters. The minimum absolute atomic E-state index is 0.266. The third kappa shape index (κ3) is 1.50. The Morgan fingerprint density at radius 2 is 2.00 bits per heavy atom. The molecule has 76 valence electrons. The van der Waals surface area contributed by atoms with E-state index in [0.717, 1.165) is 18.3 Å². The van der Waals surface area contributed by atoms with Crippen LogP contribution in [0.4, 0.5) is 0 Å². The van der Waals surface area contributed by atoms with E-state index in [2.05, 4.69) is 18.7 Å². The van der Waals surface area contributed by atoms with Crippen LogP contribution < -0.4 is 0 Å². The first-order valence-electron chi connectivity index (χ1n) is 5.50. The molecule has 0 radical (unpaired) electrons. The first kappa shape index (κ1) is 9.47. The fourth-order valence-corrected chi connectivity index (χ4v) is 2.44. The molecule has 0 bridgehead atoms. The molecule has 1 aliphatic heterocycles. The maximum Gasteiger partial charge on any atom is 0.0448 e. The van der Waals surface area contributed by atoms with Gasteiger partial charge in [0, 0.05) is 25.2 Å². The van der Waals surface area contributed by atoms with Crippen molar-refractivity contribution in [2.45, 2.75) is 45.1 Å². The van der Waals surface area contributed by atoms with Gasteiger partial charge in [-0.05, 0) is 38.0 Å². The third-order valence-electron chi connectivity index (χ3n) is 4.19. The molecule has 1 spiro atoms. The summed E-state index contributed by atoms with van der Waals surface area (Å²) in [4.78, 5) is 2.57. The number of likely N-dealkylation sites (tertiary alicyclic amines) is 1. The van der Waals surface area contributed by atoms with Crippen molar-refractivity contribution in [3.8, 4) is 0 Å². The monoisotopic (exact) mass is 183 g/mol. The van der Waals surface area contributed by atoms with Crippen LogP contribution in [0.25, 0.3) is 0 Å². The fraction of sp³-hybridized carbons (Fsp3) is 1.00. The van der Waals surface area contributed by atoms with Crippen molar-refractivity contribution in [1.29, 1.82) is 0 Å². The van der Waals surface area contributed by atoms with Crippen LogP contribution in [0.5, 0.6) is 0 Å². The summed E-state index contributed by atoms with van der Waals surface area (Å²) < 4.78 is 0. The van der Waals surface area contributed by atoms with Gasteiger partial charge in [-0.2, -0.15) is 0 Å². The molecule has 2 fully saturated rings. The van der Waals surface area contributed by atoms with E-state index in [1.165, 1.54) is 25.9 Å². The van der Waals surface area contributed by atoms with Crippen molar-refractivity contribution in [2.75, 3.05) is 19.7 Å². The maximum absolute atomic E-state index is 9.02. The topological polar surface area (TPSA) is 23.5 Å². The van der Waals surface area contributed by atoms with E-state index < -0.39 is 0 Å². The van der Waals surface area contributed by atoms with Gasteiger partial charge in [0.1, 0.15) is 0 Å². The predicted molar refractivity (Wildman–Crippen MR) is 53.6 cm³/mol. The molecule has 1 heterocycles. The lowest BCUT2D eigenvalue weighted by Gasteiger charge is -2.51. The lowest BCUT2D eigenvalue weighted by molar-refractivity contribution is -0.0334. The van der Waals surface area contributed by atoms with Gasteiger partial charge in [-0.15, -0.1) is 0 Å². The summed E-state index contributed by atoms with van der Waals surface area (Å²) in [5.74, 6) is 0.